The lowest BCUT2D eigenvalue weighted by molar-refractivity contribution is -0.128. The van der Waals surface area contributed by atoms with Crippen LogP contribution in [0.1, 0.15) is 347 Å². The summed E-state index contributed by atoms with van der Waals surface area (Å²) in [5, 5.41) is 28.8. The van der Waals surface area contributed by atoms with Gasteiger partial charge < -0.3 is 75.8 Å². The molecular formula is C93H170N13O13P. The lowest BCUT2D eigenvalue weighted by Gasteiger charge is -2.29. The molecule has 0 spiro atoms. The number of benzene rings is 1. The molecule has 0 fully saturated rings. The number of anilines is 2. The van der Waals surface area contributed by atoms with E-state index in [0.717, 1.165) is 67.8 Å². The smallest absolute Gasteiger partial charge is 0.410 e. The highest BCUT2D eigenvalue weighted by Crippen LogP contribution is 2.49. The Bertz CT molecular complexity index is 3340. The SMILES string of the molecule is CCCCNc1nc(N)c2nc(O)n(Cc3ccc(C(=O)NCC(=O)N[C@@H](CCCCNCCCP(=O)(OCCC(C)CCCC(C)CCCC(C)CCCC(C)C)OCCC(C)CCCC(C)CCCC(C)CCCC(C)C)C(=O)NCCCN(CCCCN(CCCNC(=O)OC(C)(C)C)C(=O)OC(C)(C)C)C(=O)OC(C)(C)C)cc3)c2n1. The molecule has 0 aliphatic rings. The third-order valence-corrected chi connectivity index (χ3v) is 23.8. The van der Waals surface area contributed by atoms with E-state index in [-0.39, 0.29) is 55.5 Å². The molecule has 0 saturated heterocycles. The highest BCUT2D eigenvalue weighted by atomic mass is 31.2. The fraction of sp³-hybridized carbons (Fsp3) is 0.817. The maximum atomic E-state index is 14.7. The number of nitrogens with zero attached hydrogens (tertiary/aromatic N) is 6. The second-order valence-electron chi connectivity index (χ2n) is 38.6. The summed E-state index contributed by atoms with van der Waals surface area (Å²) in [5.74, 6) is 4.39. The fourth-order valence-corrected chi connectivity index (χ4v) is 16.2. The lowest BCUT2D eigenvalue weighted by atomic mass is 9.91. The molecule has 0 bridgehead atoms. The van der Waals surface area contributed by atoms with Crippen LogP contribution in [0.15, 0.2) is 24.3 Å². The van der Waals surface area contributed by atoms with Gasteiger partial charge in [0.25, 0.3) is 11.9 Å². The largest absolute Gasteiger partial charge is 0.480 e. The summed E-state index contributed by atoms with van der Waals surface area (Å²) >= 11 is 0. The van der Waals surface area contributed by atoms with Crippen molar-refractivity contribution in [1.29, 1.82) is 0 Å². The first kappa shape index (κ1) is 108. The summed E-state index contributed by atoms with van der Waals surface area (Å²) in [6.45, 7) is 45.6. The summed E-state index contributed by atoms with van der Waals surface area (Å²) in [7, 11) is -3.42. The molecule has 27 heteroatoms. The van der Waals surface area contributed by atoms with Crippen molar-refractivity contribution >= 4 is 66.5 Å². The van der Waals surface area contributed by atoms with Gasteiger partial charge in [0, 0.05) is 51.4 Å². The highest BCUT2D eigenvalue weighted by molar-refractivity contribution is 7.53. The van der Waals surface area contributed by atoms with Crippen LogP contribution in [0.25, 0.3) is 11.2 Å². The van der Waals surface area contributed by atoms with E-state index in [9.17, 15) is 38.4 Å². The molecule has 6 amide bonds. The first-order valence-electron chi connectivity index (χ1n) is 46.6. The Morgan fingerprint density at radius 1 is 0.492 bits per heavy atom. The standard InChI is InChI=1S/C93H170N13O13P/c1-21-22-57-97-86-102-82(94)81-83(103-86)106(87(110)101-81)68-77-49-51-78(52-50-77)84(108)99-67-80(107)100-79(85(109)96-58-33-62-104(89(112)118-92(15,16)17)60-25-26-61-105(90(113)119-93(18,19)20)63-34-59-98-88(111)117-91(12,13)14)48-23-24-55-95-56-35-66-120(114,115-64-53-75(10)46-31-44-73(8)42-29-40-71(6)38-27-36-69(2)3)116-65-54-76(11)47-32-45-74(9)43-30-41-72(7)39-28-37-70(4)5/h49-52,69-76,79,95H,21-48,53-68H2,1-20H3,(H,96,109)(H,98,111)(H,99,108)(H,100,107)(H,101,110)(H3,94,97,102,103)/t71?,72?,73?,74?,75?,76?,79-,120?/m0/s1. The monoisotopic (exact) mass is 1710 g/mol. The molecule has 2 heterocycles. The first-order chi connectivity index (χ1) is 56.6. The zero-order chi connectivity index (χ0) is 89.3. The van der Waals surface area contributed by atoms with Crippen LogP contribution in [0.4, 0.5) is 26.1 Å². The van der Waals surface area contributed by atoms with Crippen molar-refractivity contribution in [3.8, 4) is 6.01 Å². The number of imidazole rings is 1. The van der Waals surface area contributed by atoms with Crippen molar-refractivity contribution in [2.24, 2.45) is 47.3 Å². The number of rotatable bonds is 65. The Kier molecular flexibility index (Phi) is 52.6. The number of nitrogen functional groups attached to an aromatic ring is 1. The van der Waals surface area contributed by atoms with Crippen molar-refractivity contribution < 1.29 is 61.7 Å². The molecular weight excluding hydrogens is 1540 g/mol. The third kappa shape index (κ3) is 50.9. The summed E-state index contributed by atoms with van der Waals surface area (Å²) in [6.07, 6.45) is 29.0. The summed E-state index contributed by atoms with van der Waals surface area (Å²) < 4.78 is 45.8. The Hall–Kier alpha value is -6.50. The van der Waals surface area contributed by atoms with Gasteiger partial charge >= 0.3 is 25.9 Å². The molecule has 690 valence electrons. The maximum absolute atomic E-state index is 14.7. The average molecular weight is 1710 g/mol. The average Bonchev–Trinajstić information content (AvgIpc) is 1.63. The minimum atomic E-state index is -3.42. The second-order valence-corrected chi connectivity index (χ2v) is 40.8. The number of nitrogens with one attached hydrogen (secondary N) is 6. The van der Waals surface area contributed by atoms with Crippen LogP contribution in [0, 0.1) is 47.3 Å². The van der Waals surface area contributed by atoms with Crippen LogP contribution < -0.4 is 37.6 Å². The van der Waals surface area contributed by atoms with Gasteiger partial charge in [0.05, 0.1) is 32.5 Å². The minimum Gasteiger partial charge on any atom is -0.480 e. The molecule has 7 atom stereocenters. The normalized spacial score (nSPS) is 14.3. The third-order valence-electron chi connectivity index (χ3n) is 21.8. The van der Waals surface area contributed by atoms with E-state index in [2.05, 4.69) is 123 Å². The zero-order valence-electron chi connectivity index (χ0n) is 78.7. The topological polar surface area (TPSA) is 334 Å². The number of ether oxygens (including phenoxy) is 3. The molecule has 0 aliphatic heterocycles. The molecule has 0 saturated carbocycles. The van der Waals surface area contributed by atoms with E-state index >= 15 is 0 Å². The Labute approximate surface area is 725 Å². The van der Waals surface area contributed by atoms with Crippen molar-refractivity contribution in [2.45, 2.75) is 360 Å². The van der Waals surface area contributed by atoms with Gasteiger partial charge in [-0.25, -0.2) is 14.4 Å². The number of hydrogen-bond acceptors (Lipinski definition) is 19. The predicted molar refractivity (Wildman–Crippen MR) is 489 cm³/mol. The van der Waals surface area contributed by atoms with Crippen LogP contribution in [-0.4, -0.2) is 178 Å². The van der Waals surface area contributed by atoms with Crippen LogP contribution >= 0.6 is 7.60 Å². The molecule has 0 radical (unpaired) electrons. The molecule has 120 heavy (non-hydrogen) atoms. The van der Waals surface area contributed by atoms with Crippen LogP contribution in [0.2, 0.25) is 0 Å². The van der Waals surface area contributed by atoms with Gasteiger partial charge in [-0.2, -0.15) is 15.0 Å². The molecule has 6 unspecified atom stereocenters. The summed E-state index contributed by atoms with van der Waals surface area (Å²) in [5.41, 5.74) is 5.64. The maximum Gasteiger partial charge on any atom is 0.410 e. The molecule has 1 aromatic carbocycles. The van der Waals surface area contributed by atoms with Gasteiger partial charge in [-0.3, -0.25) is 23.5 Å². The fourth-order valence-electron chi connectivity index (χ4n) is 14.5. The number of fused-ring (bicyclic) bond motifs is 1. The quantitative estimate of drug-likeness (QED) is 0.0148. The van der Waals surface area contributed by atoms with E-state index in [1.165, 1.54) is 107 Å². The van der Waals surface area contributed by atoms with Crippen molar-refractivity contribution in [3.63, 3.8) is 0 Å². The van der Waals surface area contributed by atoms with Gasteiger partial charge in [0.15, 0.2) is 17.0 Å². The molecule has 3 aromatic rings. The lowest BCUT2D eigenvalue weighted by Crippen LogP contribution is -2.50. The van der Waals surface area contributed by atoms with E-state index < -0.39 is 73.0 Å². The zero-order valence-corrected chi connectivity index (χ0v) is 79.6. The Morgan fingerprint density at radius 3 is 1.39 bits per heavy atom. The second kappa shape index (κ2) is 58.6. The molecule has 26 nitrogen and oxygen atoms in total. The predicted octanol–water partition coefficient (Wildman–Crippen LogP) is 20.6. The van der Waals surface area contributed by atoms with Crippen LogP contribution in [-0.2, 0) is 44.0 Å². The number of carbonyl (C=O) groups excluding carboxylic acids is 6. The number of unbranched alkanes of at least 4 members (excludes halogenated alkanes) is 3. The van der Waals surface area contributed by atoms with Crippen molar-refractivity contribution in [2.75, 3.05) is 95.9 Å². The van der Waals surface area contributed by atoms with Gasteiger partial charge in [0.1, 0.15) is 22.8 Å². The number of aromatic nitrogens is 4. The van der Waals surface area contributed by atoms with E-state index in [0.29, 0.717) is 139 Å². The number of carbonyl (C=O) groups is 6. The molecule has 0 aliphatic carbocycles. The highest BCUT2D eigenvalue weighted by Gasteiger charge is 2.29. The number of amides is 6. The van der Waals surface area contributed by atoms with Gasteiger partial charge in [-0.05, 0) is 211 Å². The molecule has 9 N–H and O–H groups in total. The van der Waals surface area contributed by atoms with Crippen LogP contribution in [0.5, 0.6) is 6.01 Å². The number of alkyl carbamates (subject to hydrolysis) is 1. The Balaban J connectivity index is 1.71. The Morgan fingerprint density at radius 2 is 0.933 bits per heavy atom. The summed E-state index contributed by atoms with van der Waals surface area (Å²) in [4.78, 5) is 97.5. The van der Waals surface area contributed by atoms with Crippen LogP contribution in [0.3, 0.4) is 0 Å². The van der Waals surface area contributed by atoms with Crippen molar-refractivity contribution in [3.05, 3.63) is 35.4 Å². The summed E-state index contributed by atoms with van der Waals surface area (Å²) in [6, 6.07) is 5.40. The van der Waals surface area contributed by atoms with E-state index in [1.54, 1.807) is 96.4 Å². The molecule has 2 aromatic heterocycles. The first-order valence-corrected chi connectivity index (χ1v) is 48.3. The van der Waals surface area contributed by atoms with Gasteiger partial charge in [-0.1, -0.05) is 210 Å². The van der Waals surface area contributed by atoms with Crippen molar-refractivity contribution in [1.82, 2.24) is 55.9 Å². The minimum absolute atomic E-state index is 0.124. The number of aromatic hydroxyl groups is 1. The van der Waals surface area contributed by atoms with Gasteiger partial charge in [0.2, 0.25) is 17.8 Å². The van der Waals surface area contributed by atoms with Gasteiger partial charge in [-0.15, -0.1) is 0 Å². The number of nitrogens with two attached hydrogens (primary N) is 1. The van der Waals surface area contributed by atoms with E-state index in [4.69, 9.17) is 29.0 Å². The number of hydrogen-bond donors (Lipinski definition) is 8. The van der Waals surface area contributed by atoms with E-state index in [1.807, 2.05) is 0 Å². The molecule has 3 rings (SSSR count).